The highest BCUT2D eigenvalue weighted by atomic mass is 16.1. The highest BCUT2D eigenvalue weighted by Crippen LogP contribution is 2.35. The Morgan fingerprint density at radius 1 is 1.37 bits per heavy atom. The average Bonchev–Trinajstić information content (AvgIpc) is 2.78. The van der Waals surface area contributed by atoms with Crippen molar-refractivity contribution in [3.63, 3.8) is 0 Å². The minimum atomic E-state index is -0.194. The molecule has 1 unspecified atom stereocenters. The van der Waals surface area contributed by atoms with Gasteiger partial charge in [0, 0.05) is 23.1 Å². The van der Waals surface area contributed by atoms with E-state index in [9.17, 15) is 4.79 Å². The molecular weight excluding hydrogens is 236 g/mol. The highest BCUT2D eigenvalue weighted by Gasteiger charge is 2.32. The number of carbonyl (C=O) groups is 1. The van der Waals surface area contributed by atoms with Gasteiger partial charge in [0.2, 0.25) is 0 Å². The Labute approximate surface area is 114 Å². The van der Waals surface area contributed by atoms with Crippen molar-refractivity contribution >= 4 is 17.7 Å². The Morgan fingerprint density at radius 2 is 2.21 bits per heavy atom. The van der Waals surface area contributed by atoms with E-state index in [0.717, 1.165) is 49.1 Å². The van der Waals surface area contributed by atoms with Crippen LogP contribution in [-0.2, 0) is 4.79 Å². The molecule has 0 saturated carbocycles. The molecule has 0 fully saturated rings. The lowest BCUT2D eigenvalue weighted by Crippen LogP contribution is -2.27. The third kappa shape index (κ3) is 2.22. The van der Waals surface area contributed by atoms with Crippen molar-refractivity contribution in [3.8, 4) is 0 Å². The van der Waals surface area contributed by atoms with E-state index in [2.05, 4.69) is 29.9 Å². The van der Waals surface area contributed by atoms with Crippen LogP contribution >= 0.6 is 0 Å². The number of Topliss-reactive ketones (excluding diaryl/α,β-unsaturated/α-hetero) is 1. The van der Waals surface area contributed by atoms with Gasteiger partial charge in [-0.15, -0.1) is 0 Å². The number of allylic oxidation sites excluding steroid dienone is 1. The Balaban J connectivity index is 2.04. The maximum atomic E-state index is 12.7. The van der Waals surface area contributed by atoms with Crippen molar-refractivity contribution in [2.24, 2.45) is 15.9 Å². The van der Waals surface area contributed by atoms with Crippen molar-refractivity contribution in [1.29, 1.82) is 0 Å². The summed E-state index contributed by atoms with van der Waals surface area (Å²) in [6, 6.07) is -0.194. The van der Waals surface area contributed by atoms with E-state index in [1.165, 1.54) is 5.57 Å². The van der Waals surface area contributed by atoms with Crippen LogP contribution in [-0.4, -0.2) is 30.3 Å². The predicted molar refractivity (Wildman–Crippen MR) is 78.0 cm³/mol. The molecule has 0 saturated heterocycles. The molecule has 3 nitrogen and oxygen atoms in total. The fourth-order valence-corrected chi connectivity index (χ4v) is 3.16. The SMILES string of the molecule is CC(C)CC1N=C/C=C2/CN=C3CCCC(=C32)C1=O. The summed E-state index contributed by atoms with van der Waals surface area (Å²) in [7, 11) is 0. The highest BCUT2D eigenvalue weighted by molar-refractivity contribution is 6.16. The Bertz CT molecular complexity index is 535. The lowest BCUT2D eigenvalue weighted by molar-refractivity contribution is -0.117. The second-order valence-electron chi connectivity index (χ2n) is 5.97. The molecule has 0 aromatic rings. The molecule has 0 aromatic carbocycles. The molecule has 0 spiro atoms. The van der Waals surface area contributed by atoms with E-state index in [-0.39, 0.29) is 11.8 Å². The molecule has 3 heteroatoms. The van der Waals surface area contributed by atoms with Gasteiger partial charge in [-0.2, -0.15) is 0 Å². The van der Waals surface area contributed by atoms with Crippen molar-refractivity contribution in [2.75, 3.05) is 6.54 Å². The van der Waals surface area contributed by atoms with Gasteiger partial charge in [-0.3, -0.25) is 14.8 Å². The quantitative estimate of drug-likeness (QED) is 0.749. The van der Waals surface area contributed by atoms with Crippen molar-refractivity contribution in [2.45, 2.75) is 45.6 Å². The normalized spacial score (nSPS) is 28.8. The van der Waals surface area contributed by atoms with Gasteiger partial charge in [0.25, 0.3) is 0 Å². The number of hydrogen-bond donors (Lipinski definition) is 0. The molecule has 1 aliphatic carbocycles. The summed E-state index contributed by atoms with van der Waals surface area (Å²) in [4.78, 5) is 21.8. The molecular formula is C16H20N2O. The second-order valence-corrected chi connectivity index (χ2v) is 5.97. The van der Waals surface area contributed by atoms with Crippen molar-refractivity contribution < 1.29 is 4.79 Å². The molecule has 3 rings (SSSR count). The summed E-state index contributed by atoms with van der Waals surface area (Å²) in [5.74, 6) is 0.722. The van der Waals surface area contributed by atoms with Gasteiger partial charge in [0.15, 0.2) is 5.78 Å². The van der Waals surface area contributed by atoms with Gasteiger partial charge in [-0.25, -0.2) is 0 Å². The Hall–Kier alpha value is -1.51. The summed E-state index contributed by atoms with van der Waals surface area (Å²) in [6.45, 7) is 5.01. The van der Waals surface area contributed by atoms with E-state index < -0.39 is 0 Å². The third-order valence-corrected chi connectivity index (χ3v) is 4.03. The number of hydrogen-bond acceptors (Lipinski definition) is 3. The maximum absolute atomic E-state index is 12.7. The smallest absolute Gasteiger partial charge is 0.183 e. The standard InChI is InChI=1S/C16H20N2O/c1-10(2)8-14-16(19)12-4-3-5-13-15(12)11(9-18-13)6-7-17-14/h6-7,10,14H,3-5,8-9H2,1-2H3/b11-6-,17-7?. The first-order valence-electron chi connectivity index (χ1n) is 7.20. The molecule has 2 heterocycles. The van der Waals surface area contributed by atoms with Gasteiger partial charge in [0.05, 0.1) is 6.54 Å². The van der Waals surface area contributed by atoms with Crippen LogP contribution in [0.2, 0.25) is 0 Å². The number of rotatable bonds is 2. The zero-order chi connectivity index (χ0) is 13.4. The molecule has 2 aliphatic heterocycles. The van der Waals surface area contributed by atoms with Crippen LogP contribution in [0.25, 0.3) is 0 Å². The number of nitrogens with zero attached hydrogens (tertiary/aromatic N) is 2. The fraction of sp³-hybridized carbons (Fsp3) is 0.562. The monoisotopic (exact) mass is 256 g/mol. The Kier molecular flexibility index (Phi) is 3.21. The molecule has 100 valence electrons. The zero-order valence-electron chi connectivity index (χ0n) is 11.6. The van der Waals surface area contributed by atoms with E-state index in [0.29, 0.717) is 5.92 Å². The third-order valence-electron chi connectivity index (χ3n) is 4.03. The van der Waals surface area contributed by atoms with Crippen molar-refractivity contribution in [1.82, 2.24) is 0 Å². The van der Waals surface area contributed by atoms with Gasteiger partial charge in [-0.05, 0) is 43.3 Å². The van der Waals surface area contributed by atoms with Gasteiger partial charge in [0.1, 0.15) is 6.04 Å². The first-order valence-corrected chi connectivity index (χ1v) is 7.20. The van der Waals surface area contributed by atoms with Crippen LogP contribution in [0.4, 0.5) is 0 Å². The molecule has 0 bridgehead atoms. The van der Waals surface area contributed by atoms with E-state index in [4.69, 9.17) is 0 Å². The maximum Gasteiger partial charge on any atom is 0.183 e. The fourth-order valence-electron chi connectivity index (χ4n) is 3.16. The minimum absolute atomic E-state index is 0.194. The minimum Gasteiger partial charge on any atom is -0.292 e. The summed E-state index contributed by atoms with van der Waals surface area (Å²) >= 11 is 0. The molecule has 0 amide bonds. The Morgan fingerprint density at radius 3 is 3.00 bits per heavy atom. The summed E-state index contributed by atoms with van der Waals surface area (Å²) in [5, 5.41) is 0. The summed E-state index contributed by atoms with van der Waals surface area (Å²) in [6.07, 6.45) is 7.68. The van der Waals surface area contributed by atoms with Crippen LogP contribution < -0.4 is 0 Å². The zero-order valence-corrected chi connectivity index (χ0v) is 11.6. The number of carbonyl (C=O) groups excluding carboxylic acids is 1. The molecule has 0 radical (unpaired) electrons. The predicted octanol–water partition coefficient (Wildman–Crippen LogP) is 2.92. The van der Waals surface area contributed by atoms with E-state index >= 15 is 0 Å². The number of ketones is 1. The van der Waals surface area contributed by atoms with Crippen LogP contribution in [0, 0.1) is 5.92 Å². The second kappa shape index (κ2) is 4.87. The molecule has 3 aliphatic rings. The van der Waals surface area contributed by atoms with Crippen LogP contribution in [0.3, 0.4) is 0 Å². The average molecular weight is 256 g/mol. The number of aliphatic imine (C=N–C) groups is 2. The van der Waals surface area contributed by atoms with Crippen LogP contribution in [0.15, 0.2) is 32.8 Å². The van der Waals surface area contributed by atoms with E-state index in [1.807, 2.05) is 6.21 Å². The first kappa shape index (κ1) is 12.5. The van der Waals surface area contributed by atoms with Gasteiger partial charge >= 0.3 is 0 Å². The van der Waals surface area contributed by atoms with Gasteiger partial charge < -0.3 is 0 Å². The largest absolute Gasteiger partial charge is 0.292 e. The summed E-state index contributed by atoms with van der Waals surface area (Å²) < 4.78 is 0. The lowest BCUT2D eigenvalue weighted by Gasteiger charge is -2.23. The van der Waals surface area contributed by atoms with Crippen molar-refractivity contribution in [3.05, 3.63) is 22.8 Å². The van der Waals surface area contributed by atoms with Crippen LogP contribution in [0.1, 0.15) is 39.5 Å². The van der Waals surface area contributed by atoms with E-state index in [1.54, 1.807) is 0 Å². The van der Waals surface area contributed by atoms with Crippen LogP contribution in [0.5, 0.6) is 0 Å². The molecule has 1 atom stereocenters. The lowest BCUT2D eigenvalue weighted by atomic mass is 9.82. The molecule has 0 N–H and O–H groups in total. The molecule has 0 aromatic heterocycles. The topological polar surface area (TPSA) is 41.8 Å². The summed E-state index contributed by atoms with van der Waals surface area (Å²) in [5.41, 5.74) is 4.50. The molecule has 19 heavy (non-hydrogen) atoms. The first-order chi connectivity index (χ1) is 9.16. The van der Waals surface area contributed by atoms with Gasteiger partial charge in [-0.1, -0.05) is 13.8 Å².